The van der Waals surface area contributed by atoms with Crippen molar-refractivity contribution in [2.75, 3.05) is 5.75 Å². The van der Waals surface area contributed by atoms with Gasteiger partial charge in [-0.2, -0.15) is 5.26 Å². The van der Waals surface area contributed by atoms with Crippen molar-refractivity contribution in [3.8, 4) is 6.07 Å². The minimum absolute atomic E-state index is 0.114. The molecule has 1 aromatic rings. The second-order valence-electron chi connectivity index (χ2n) is 5.29. The Morgan fingerprint density at radius 3 is 3.05 bits per heavy atom. The number of hydrogen-bond donors (Lipinski definition) is 1. The Bertz CT molecular complexity index is 511. The number of rotatable bonds is 2. The predicted molar refractivity (Wildman–Crippen MR) is 74.4 cm³/mol. The summed E-state index contributed by atoms with van der Waals surface area (Å²) < 4.78 is 13.8. The maximum absolute atomic E-state index is 13.8. The van der Waals surface area contributed by atoms with Gasteiger partial charge in [0, 0.05) is 17.0 Å². The number of nitrogens with one attached hydrogen (secondary N) is 1. The topological polar surface area (TPSA) is 35.8 Å². The van der Waals surface area contributed by atoms with E-state index >= 15 is 0 Å². The first-order valence-corrected chi connectivity index (χ1v) is 7.85. The van der Waals surface area contributed by atoms with Crippen LogP contribution in [0.1, 0.15) is 37.3 Å². The van der Waals surface area contributed by atoms with Gasteiger partial charge in [-0.1, -0.05) is 18.6 Å². The molecule has 0 spiro atoms. The number of nitriles is 1. The fourth-order valence-electron chi connectivity index (χ4n) is 3.13. The van der Waals surface area contributed by atoms with Crippen molar-refractivity contribution in [2.24, 2.45) is 5.92 Å². The molecular weight excluding hydrogens is 259 g/mol. The summed E-state index contributed by atoms with van der Waals surface area (Å²) in [5.41, 5.74) is 1.07. The molecule has 1 saturated carbocycles. The Morgan fingerprint density at radius 1 is 1.32 bits per heavy atom. The van der Waals surface area contributed by atoms with Gasteiger partial charge in [0.15, 0.2) is 0 Å². The van der Waals surface area contributed by atoms with Crippen LogP contribution in [0.2, 0.25) is 0 Å². The summed E-state index contributed by atoms with van der Waals surface area (Å²) >= 11 is 1.60. The Morgan fingerprint density at radius 2 is 2.21 bits per heavy atom. The molecule has 3 atom stereocenters. The van der Waals surface area contributed by atoms with Gasteiger partial charge in [0.1, 0.15) is 5.82 Å². The molecule has 3 rings (SSSR count). The molecule has 2 aliphatic rings. The number of fused-ring (bicyclic) bond motifs is 1. The zero-order chi connectivity index (χ0) is 13.2. The van der Waals surface area contributed by atoms with E-state index in [0.717, 1.165) is 41.9 Å². The summed E-state index contributed by atoms with van der Waals surface area (Å²) in [7, 11) is 0. The Kier molecular flexibility index (Phi) is 3.76. The van der Waals surface area contributed by atoms with Crippen molar-refractivity contribution in [2.45, 2.75) is 42.7 Å². The standard InChI is InChI=1S/C15H17FN2S/c16-12-5-2-4-11-14(7-8-19-15(11)12)18-13-6-1-3-10(13)9-17/h2,4-5,10,13-14,18H,1,3,6-8H2. The van der Waals surface area contributed by atoms with E-state index in [1.807, 2.05) is 6.07 Å². The third-order valence-corrected chi connectivity index (χ3v) is 5.28. The monoisotopic (exact) mass is 276 g/mol. The summed E-state index contributed by atoms with van der Waals surface area (Å²) in [5.74, 6) is 0.944. The lowest BCUT2D eigenvalue weighted by molar-refractivity contribution is 0.388. The molecule has 1 aromatic carbocycles. The first-order chi connectivity index (χ1) is 9.29. The van der Waals surface area contributed by atoms with Crippen molar-refractivity contribution >= 4 is 11.8 Å². The number of thioether (sulfide) groups is 1. The lowest BCUT2D eigenvalue weighted by atomic mass is 9.99. The van der Waals surface area contributed by atoms with E-state index in [0.29, 0.717) is 0 Å². The van der Waals surface area contributed by atoms with Gasteiger partial charge >= 0.3 is 0 Å². The maximum Gasteiger partial charge on any atom is 0.137 e. The van der Waals surface area contributed by atoms with E-state index in [4.69, 9.17) is 5.26 Å². The van der Waals surface area contributed by atoms with Gasteiger partial charge in [0.05, 0.1) is 12.0 Å². The lowest BCUT2D eigenvalue weighted by Crippen LogP contribution is -2.36. The van der Waals surface area contributed by atoms with Gasteiger partial charge in [0.25, 0.3) is 0 Å². The van der Waals surface area contributed by atoms with Crippen LogP contribution in [-0.4, -0.2) is 11.8 Å². The first-order valence-electron chi connectivity index (χ1n) is 6.86. The maximum atomic E-state index is 13.8. The van der Waals surface area contributed by atoms with Crippen LogP contribution in [0, 0.1) is 23.1 Å². The van der Waals surface area contributed by atoms with Gasteiger partial charge in [0.2, 0.25) is 0 Å². The Labute approximate surface area is 117 Å². The smallest absolute Gasteiger partial charge is 0.137 e. The van der Waals surface area contributed by atoms with Crippen LogP contribution in [-0.2, 0) is 0 Å². The third kappa shape index (κ3) is 2.50. The van der Waals surface area contributed by atoms with Crippen LogP contribution in [0.15, 0.2) is 23.1 Å². The first kappa shape index (κ1) is 13.0. The normalized spacial score (nSPS) is 29.8. The molecule has 1 aliphatic heterocycles. The zero-order valence-corrected chi connectivity index (χ0v) is 11.5. The summed E-state index contributed by atoms with van der Waals surface area (Å²) in [6.45, 7) is 0. The molecule has 4 heteroatoms. The molecule has 100 valence electrons. The quantitative estimate of drug-likeness (QED) is 0.895. The number of hydrogen-bond acceptors (Lipinski definition) is 3. The largest absolute Gasteiger partial charge is 0.306 e. The van der Waals surface area contributed by atoms with E-state index in [9.17, 15) is 4.39 Å². The highest BCUT2D eigenvalue weighted by Crippen LogP contribution is 2.39. The molecule has 0 radical (unpaired) electrons. The summed E-state index contributed by atoms with van der Waals surface area (Å²) in [6, 6.07) is 8.19. The highest BCUT2D eigenvalue weighted by molar-refractivity contribution is 7.99. The minimum Gasteiger partial charge on any atom is -0.306 e. The molecule has 1 fully saturated rings. The lowest BCUT2D eigenvalue weighted by Gasteiger charge is -2.30. The SMILES string of the molecule is N#CC1CCCC1NC1CCSc2c(F)cccc21. The fraction of sp³-hybridized carbons (Fsp3) is 0.533. The number of nitrogens with zero attached hydrogens (tertiary/aromatic N) is 1. The van der Waals surface area contributed by atoms with Gasteiger partial charge in [-0.25, -0.2) is 4.39 Å². The molecule has 19 heavy (non-hydrogen) atoms. The Balaban J connectivity index is 1.81. The second kappa shape index (κ2) is 5.52. The van der Waals surface area contributed by atoms with Crippen LogP contribution in [0.3, 0.4) is 0 Å². The molecule has 1 N–H and O–H groups in total. The number of benzene rings is 1. The minimum atomic E-state index is -0.114. The van der Waals surface area contributed by atoms with Crippen molar-refractivity contribution in [1.29, 1.82) is 5.26 Å². The van der Waals surface area contributed by atoms with Crippen LogP contribution < -0.4 is 5.32 Å². The predicted octanol–water partition coefficient (Wildman–Crippen LogP) is 3.64. The van der Waals surface area contributed by atoms with Gasteiger partial charge in [-0.3, -0.25) is 0 Å². The van der Waals surface area contributed by atoms with E-state index in [-0.39, 0.29) is 23.8 Å². The molecule has 0 saturated heterocycles. The van der Waals surface area contributed by atoms with Crippen LogP contribution in [0.25, 0.3) is 0 Å². The molecule has 3 unspecified atom stereocenters. The van der Waals surface area contributed by atoms with Gasteiger partial charge in [-0.15, -0.1) is 11.8 Å². The summed E-state index contributed by atoms with van der Waals surface area (Å²) in [6.07, 6.45) is 4.18. The van der Waals surface area contributed by atoms with Crippen LogP contribution in [0.5, 0.6) is 0 Å². The zero-order valence-electron chi connectivity index (χ0n) is 10.7. The molecular formula is C15H17FN2S. The van der Waals surface area contributed by atoms with E-state index in [2.05, 4.69) is 11.4 Å². The molecule has 0 aromatic heterocycles. The third-order valence-electron chi connectivity index (χ3n) is 4.12. The van der Waals surface area contributed by atoms with Crippen LogP contribution in [0.4, 0.5) is 4.39 Å². The number of halogens is 1. The Hall–Kier alpha value is -1.05. The van der Waals surface area contributed by atoms with Gasteiger partial charge in [-0.05, 0) is 36.6 Å². The van der Waals surface area contributed by atoms with Crippen molar-refractivity contribution in [3.63, 3.8) is 0 Å². The molecule has 0 amide bonds. The second-order valence-corrected chi connectivity index (χ2v) is 6.39. The van der Waals surface area contributed by atoms with E-state index in [1.54, 1.807) is 17.8 Å². The van der Waals surface area contributed by atoms with Crippen molar-refractivity contribution in [3.05, 3.63) is 29.6 Å². The average Bonchev–Trinajstić information content (AvgIpc) is 2.87. The fourth-order valence-corrected chi connectivity index (χ4v) is 4.27. The van der Waals surface area contributed by atoms with Crippen molar-refractivity contribution in [1.82, 2.24) is 5.32 Å². The molecule has 2 nitrogen and oxygen atoms in total. The molecule has 1 heterocycles. The van der Waals surface area contributed by atoms with Crippen LogP contribution >= 0.6 is 11.8 Å². The summed E-state index contributed by atoms with van der Waals surface area (Å²) in [5, 5.41) is 12.8. The summed E-state index contributed by atoms with van der Waals surface area (Å²) in [4.78, 5) is 0.790. The highest BCUT2D eigenvalue weighted by atomic mass is 32.2. The van der Waals surface area contributed by atoms with Gasteiger partial charge < -0.3 is 5.32 Å². The molecule has 0 bridgehead atoms. The highest BCUT2D eigenvalue weighted by Gasteiger charge is 2.31. The van der Waals surface area contributed by atoms with Crippen molar-refractivity contribution < 1.29 is 4.39 Å². The molecule has 1 aliphatic carbocycles. The van der Waals surface area contributed by atoms with E-state index < -0.39 is 0 Å². The average molecular weight is 276 g/mol. The van der Waals surface area contributed by atoms with E-state index in [1.165, 1.54) is 6.07 Å².